The molecule has 2 N–H and O–H groups in total. The lowest BCUT2D eigenvalue weighted by Crippen LogP contribution is -2.18. The molecular weight excluding hydrogens is 158 g/mol. The van der Waals surface area contributed by atoms with Gasteiger partial charge in [-0.3, -0.25) is 4.79 Å². The van der Waals surface area contributed by atoms with Crippen molar-refractivity contribution in [3.8, 4) is 0 Å². The van der Waals surface area contributed by atoms with Gasteiger partial charge in [0, 0.05) is 6.42 Å². The fraction of sp³-hybridized carbons (Fsp3) is 0.833. The van der Waals surface area contributed by atoms with E-state index in [1.807, 2.05) is 0 Å². The highest BCUT2D eigenvalue weighted by molar-refractivity contribution is 5.69. The zero-order valence-electron chi connectivity index (χ0n) is 5.83. The summed E-state index contributed by atoms with van der Waals surface area (Å²) in [4.78, 5) is 10.1. The number of hydrogen-bond acceptors (Lipinski definition) is 2. The van der Waals surface area contributed by atoms with Crippen LogP contribution in [0.25, 0.3) is 0 Å². The molecule has 5 heteroatoms. The zero-order chi connectivity index (χ0) is 8.85. The minimum Gasteiger partial charge on any atom is -0.481 e. The highest BCUT2D eigenvalue weighted by Crippen LogP contribution is 2.10. The molecule has 0 saturated carbocycles. The third-order valence-electron chi connectivity index (χ3n) is 1.30. The van der Waals surface area contributed by atoms with E-state index in [0.29, 0.717) is 0 Å². The number of carboxylic acid groups (broad SMARTS) is 1. The molecule has 0 aliphatic rings. The fourth-order valence-corrected chi connectivity index (χ4v) is 0.620. The van der Waals surface area contributed by atoms with Crippen molar-refractivity contribution in [3.63, 3.8) is 0 Å². The Balaban J connectivity index is 3.61. The van der Waals surface area contributed by atoms with Crippen LogP contribution in [0.1, 0.15) is 12.8 Å². The van der Waals surface area contributed by atoms with Gasteiger partial charge in [0.25, 0.3) is 0 Å². The number of carboxylic acids is 1. The molecule has 0 spiro atoms. The molecule has 0 aliphatic carbocycles. The summed E-state index contributed by atoms with van der Waals surface area (Å²) in [5.41, 5.74) is 0. The summed E-state index contributed by atoms with van der Waals surface area (Å²) in [6.07, 6.45) is -3.15. The first-order chi connectivity index (χ1) is 5.07. The Labute approximate surface area is 62.6 Å². The van der Waals surface area contributed by atoms with E-state index < -0.39 is 31.3 Å². The highest BCUT2D eigenvalue weighted by Gasteiger charge is 2.17. The number of hydrogen-bond donors (Lipinski definition) is 2. The summed E-state index contributed by atoms with van der Waals surface area (Å²) in [6.45, 7) is -0.581. The molecule has 0 saturated heterocycles. The van der Waals surface area contributed by atoms with Crippen molar-refractivity contribution < 1.29 is 23.8 Å². The number of aliphatic carboxylic acids is 1. The van der Waals surface area contributed by atoms with Crippen molar-refractivity contribution in [1.82, 2.24) is 0 Å². The van der Waals surface area contributed by atoms with Gasteiger partial charge in [-0.2, -0.15) is 0 Å². The Hall–Kier alpha value is -0.710. The molecule has 1 atom stereocenters. The van der Waals surface area contributed by atoms with E-state index in [2.05, 4.69) is 0 Å². The molecule has 0 radical (unpaired) electrons. The van der Waals surface area contributed by atoms with E-state index in [9.17, 15) is 13.6 Å². The summed E-state index contributed by atoms with van der Waals surface area (Å²) in [5.74, 6) is -2.28. The third-order valence-corrected chi connectivity index (χ3v) is 1.30. The van der Waals surface area contributed by atoms with E-state index in [0.717, 1.165) is 0 Å². The molecule has 1 unspecified atom stereocenters. The first-order valence-corrected chi connectivity index (χ1v) is 3.19. The number of rotatable bonds is 5. The van der Waals surface area contributed by atoms with Gasteiger partial charge in [0.2, 0.25) is 6.43 Å². The number of halogens is 2. The molecule has 0 aromatic rings. The number of carbonyl (C=O) groups is 1. The van der Waals surface area contributed by atoms with Crippen LogP contribution in [0.2, 0.25) is 0 Å². The second kappa shape index (κ2) is 5.01. The van der Waals surface area contributed by atoms with Crippen molar-refractivity contribution >= 4 is 5.97 Å². The normalized spacial score (nSPS) is 13.5. The molecule has 11 heavy (non-hydrogen) atoms. The fourth-order valence-electron chi connectivity index (χ4n) is 0.620. The van der Waals surface area contributed by atoms with Crippen LogP contribution < -0.4 is 0 Å². The standard InChI is InChI=1S/C6H10F2O3/c7-5(8)2-1-4(3-9)6(10)11/h4-5,9H,1-3H2,(H,10,11). The zero-order valence-corrected chi connectivity index (χ0v) is 5.83. The summed E-state index contributed by atoms with van der Waals surface area (Å²) in [7, 11) is 0. The molecule has 0 rings (SSSR count). The predicted molar refractivity (Wildman–Crippen MR) is 33.4 cm³/mol. The Kier molecular flexibility index (Phi) is 4.69. The van der Waals surface area contributed by atoms with Crippen molar-refractivity contribution in [1.29, 1.82) is 0 Å². The smallest absolute Gasteiger partial charge is 0.308 e. The minimum absolute atomic E-state index is 0.177. The highest BCUT2D eigenvalue weighted by atomic mass is 19.3. The van der Waals surface area contributed by atoms with Crippen molar-refractivity contribution in [2.75, 3.05) is 6.61 Å². The van der Waals surface area contributed by atoms with Crippen LogP contribution in [0, 0.1) is 5.92 Å². The maximum absolute atomic E-state index is 11.5. The van der Waals surface area contributed by atoms with Crippen LogP contribution in [-0.2, 0) is 4.79 Å². The van der Waals surface area contributed by atoms with E-state index >= 15 is 0 Å². The van der Waals surface area contributed by atoms with Crippen LogP contribution in [0.5, 0.6) is 0 Å². The second-order valence-electron chi connectivity index (χ2n) is 2.19. The maximum Gasteiger partial charge on any atom is 0.308 e. The van der Waals surface area contributed by atoms with Gasteiger partial charge in [-0.15, -0.1) is 0 Å². The molecule has 66 valence electrons. The molecule has 0 heterocycles. The predicted octanol–water partition coefficient (Wildman–Crippen LogP) is 0.725. The van der Waals surface area contributed by atoms with Crippen LogP contribution in [0.4, 0.5) is 8.78 Å². The minimum atomic E-state index is -2.50. The van der Waals surface area contributed by atoms with Gasteiger partial charge in [-0.05, 0) is 6.42 Å². The molecule has 3 nitrogen and oxygen atoms in total. The first kappa shape index (κ1) is 10.3. The average molecular weight is 168 g/mol. The maximum atomic E-state index is 11.5. The molecule has 0 fully saturated rings. The Morgan fingerprint density at radius 2 is 1.91 bits per heavy atom. The Morgan fingerprint density at radius 3 is 2.18 bits per heavy atom. The molecular formula is C6H10F2O3. The molecule has 0 bridgehead atoms. The quantitative estimate of drug-likeness (QED) is 0.636. The molecule has 0 aliphatic heterocycles. The van der Waals surface area contributed by atoms with Crippen molar-refractivity contribution in [3.05, 3.63) is 0 Å². The van der Waals surface area contributed by atoms with Gasteiger partial charge in [-0.1, -0.05) is 0 Å². The number of aliphatic hydroxyl groups is 1. The molecule has 0 amide bonds. The lowest BCUT2D eigenvalue weighted by Gasteiger charge is -2.06. The van der Waals surface area contributed by atoms with E-state index in [-0.39, 0.29) is 6.42 Å². The molecule has 0 aromatic heterocycles. The van der Waals surface area contributed by atoms with Gasteiger partial charge in [0.05, 0.1) is 12.5 Å². The topological polar surface area (TPSA) is 57.5 Å². The van der Waals surface area contributed by atoms with Crippen LogP contribution in [0.15, 0.2) is 0 Å². The average Bonchev–Trinajstić information content (AvgIpc) is 1.87. The summed E-state index contributed by atoms with van der Waals surface area (Å²) < 4.78 is 23.0. The largest absolute Gasteiger partial charge is 0.481 e. The van der Waals surface area contributed by atoms with Gasteiger partial charge in [0.15, 0.2) is 0 Å². The first-order valence-electron chi connectivity index (χ1n) is 3.19. The van der Waals surface area contributed by atoms with Crippen molar-refractivity contribution in [2.45, 2.75) is 19.3 Å². The summed E-state index contributed by atoms with van der Waals surface area (Å²) >= 11 is 0. The van der Waals surface area contributed by atoms with E-state index in [1.54, 1.807) is 0 Å². The van der Waals surface area contributed by atoms with Crippen LogP contribution >= 0.6 is 0 Å². The van der Waals surface area contributed by atoms with Crippen molar-refractivity contribution in [2.24, 2.45) is 5.92 Å². The SMILES string of the molecule is O=C(O)C(CO)CCC(F)F. The van der Waals surface area contributed by atoms with Gasteiger partial charge in [0.1, 0.15) is 0 Å². The Bertz CT molecular complexity index is 127. The van der Waals surface area contributed by atoms with Crippen LogP contribution in [0.3, 0.4) is 0 Å². The number of alkyl halides is 2. The third kappa shape index (κ3) is 4.66. The van der Waals surface area contributed by atoms with Gasteiger partial charge < -0.3 is 10.2 Å². The lowest BCUT2D eigenvalue weighted by molar-refractivity contribution is -0.143. The summed E-state index contributed by atoms with van der Waals surface area (Å²) in [6, 6.07) is 0. The van der Waals surface area contributed by atoms with Gasteiger partial charge in [-0.25, -0.2) is 8.78 Å². The molecule has 0 aromatic carbocycles. The Morgan fingerprint density at radius 1 is 1.36 bits per heavy atom. The number of aliphatic hydroxyl groups excluding tert-OH is 1. The summed E-state index contributed by atoms with van der Waals surface area (Å²) in [5, 5.41) is 16.7. The van der Waals surface area contributed by atoms with Gasteiger partial charge >= 0.3 is 5.97 Å². The monoisotopic (exact) mass is 168 g/mol. The lowest BCUT2D eigenvalue weighted by atomic mass is 10.1. The van der Waals surface area contributed by atoms with Crippen LogP contribution in [-0.4, -0.2) is 29.2 Å². The van der Waals surface area contributed by atoms with E-state index in [4.69, 9.17) is 10.2 Å². The van der Waals surface area contributed by atoms with E-state index in [1.165, 1.54) is 0 Å². The second-order valence-corrected chi connectivity index (χ2v) is 2.19.